The average Bonchev–Trinajstić information content (AvgIpc) is 2.37. The molecule has 0 spiro atoms. The van der Waals surface area contributed by atoms with Crippen molar-refractivity contribution in [2.45, 2.75) is 71.5 Å². The molecule has 0 aromatic carbocycles. The Morgan fingerprint density at radius 3 is 2.52 bits per heavy atom. The highest BCUT2D eigenvalue weighted by atomic mass is 16.6. The van der Waals surface area contributed by atoms with Crippen LogP contribution in [0.2, 0.25) is 0 Å². The summed E-state index contributed by atoms with van der Waals surface area (Å²) in [5, 5.41) is 12.5. The number of rotatable bonds is 5. The third kappa shape index (κ3) is 6.46. The molecule has 0 aromatic rings. The smallest absolute Gasteiger partial charge is 0.311 e. The number of amides is 1. The maximum Gasteiger partial charge on any atom is 0.311 e. The van der Waals surface area contributed by atoms with Crippen LogP contribution >= 0.6 is 0 Å². The van der Waals surface area contributed by atoms with Gasteiger partial charge in [-0.3, -0.25) is 9.59 Å². The Hall–Kier alpha value is -1.10. The maximum absolute atomic E-state index is 12.1. The van der Waals surface area contributed by atoms with Gasteiger partial charge in [0.25, 0.3) is 0 Å². The second-order valence-corrected chi connectivity index (χ2v) is 6.90. The molecule has 0 aliphatic heterocycles. The van der Waals surface area contributed by atoms with E-state index in [0.29, 0.717) is 19.4 Å². The molecular weight excluding hydrogens is 270 g/mol. The van der Waals surface area contributed by atoms with Crippen LogP contribution in [-0.4, -0.2) is 35.2 Å². The fourth-order valence-electron chi connectivity index (χ4n) is 2.55. The lowest BCUT2D eigenvalue weighted by atomic mass is 9.86. The molecule has 1 aliphatic carbocycles. The van der Waals surface area contributed by atoms with Gasteiger partial charge in [-0.1, -0.05) is 13.3 Å². The predicted molar refractivity (Wildman–Crippen MR) is 80.6 cm³/mol. The van der Waals surface area contributed by atoms with Gasteiger partial charge in [0, 0.05) is 12.5 Å². The molecule has 1 saturated carbocycles. The molecule has 5 heteroatoms. The summed E-state index contributed by atoms with van der Waals surface area (Å²) in [5.41, 5.74) is -0.512. The highest BCUT2D eigenvalue weighted by Gasteiger charge is 2.28. The lowest BCUT2D eigenvalue weighted by molar-refractivity contribution is -0.160. The number of hydrogen-bond donors (Lipinski definition) is 2. The Labute approximate surface area is 127 Å². The molecule has 0 unspecified atom stereocenters. The number of aliphatic hydroxyl groups excluding tert-OH is 1. The van der Waals surface area contributed by atoms with Gasteiger partial charge in [-0.05, 0) is 46.5 Å². The zero-order valence-corrected chi connectivity index (χ0v) is 13.6. The number of hydrogen-bond acceptors (Lipinski definition) is 4. The van der Waals surface area contributed by atoms with Crippen molar-refractivity contribution in [3.8, 4) is 0 Å². The molecule has 1 aliphatic rings. The van der Waals surface area contributed by atoms with Crippen molar-refractivity contribution >= 4 is 11.9 Å². The summed E-state index contributed by atoms with van der Waals surface area (Å²) in [7, 11) is 0. The number of carbonyl (C=O) groups is 2. The third-order valence-electron chi connectivity index (χ3n) is 3.77. The molecule has 5 nitrogen and oxygen atoms in total. The Kier molecular flexibility index (Phi) is 6.65. The molecule has 1 amide bonds. The average molecular weight is 299 g/mol. The molecule has 0 saturated heterocycles. The fourth-order valence-corrected chi connectivity index (χ4v) is 2.55. The summed E-state index contributed by atoms with van der Waals surface area (Å²) < 4.78 is 5.36. The van der Waals surface area contributed by atoms with Crippen molar-refractivity contribution in [1.82, 2.24) is 5.32 Å². The summed E-state index contributed by atoms with van der Waals surface area (Å²) in [6, 6.07) is 0. The summed E-state index contributed by atoms with van der Waals surface area (Å²) in [4.78, 5) is 24.1. The van der Waals surface area contributed by atoms with Crippen LogP contribution in [0.5, 0.6) is 0 Å². The minimum atomic E-state index is -0.512. The molecule has 21 heavy (non-hydrogen) atoms. The van der Waals surface area contributed by atoms with E-state index in [2.05, 4.69) is 5.32 Å². The summed E-state index contributed by atoms with van der Waals surface area (Å²) >= 11 is 0. The van der Waals surface area contributed by atoms with Gasteiger partial charge in [-0.15, -0.1) is 0 Å². The normalized spacial score (nSPS) is 24.2. The highest BCUT2D eigenvalue weighted by Crippen LogP contribution is 2.24. The van der Waals surface area contributed by atoms with Crippen LogP contribution in [0.1, 0.15) is 59.8 Å². The van der Waals surface area contributed by atoms with Crippen molar-refractivity contribution in [2.24, 2.45) is 11.8 Å². The Bertz CT molecular complexity index is 362. The van der Waals surface area contributed by atoms with Crippen molar-refractivity contribution in [3.05, 3.63) is 0 Å². The van der Waals surface area contributed by atoms with E-state index in [-0.39, 0.29) is 29.8 Å². The van der Waals surface area contributed by atoms with E-state index >= 15 is 0 Å². The monoisotopic (exact) mass is 299 g/mol. The number of ether oxygens (including phenoxy) is 1. The van der Waals surface area contributed by atoms with E-state index in [1.54, 1.807) is 0 Å². The lowest BCUT2D eigenvalue weighted by Crippen LogP contribution is -2.40. The molecule has 2 N–H and O–H groups in total. The molecule has 1 fully saturated rings. The van der Waals surface area contributed by atoms with Gasteiger partial charge in [-0.25, -0.2) is 0 Å². The van der Waals surface area contributed by atoms with Crippen LogP contribution in [0.3, 0.4) is 0 Å². The zero-order valence-electron chi connectivity index (χ0n) is 13.6. The van der Waals surface area contributed by atoms with Gasteiger partial charge in [-0.2, -0.15) is 0 Å². The van der Waals surface area contributed by atoms with Crippen molar-refractivity contribution in [1.29, 1.82) is 0 Å². The third-order valence-corrected chi connectivity index (χ3v) is 3.77. The molecule has 122 valence electrons. The SMILES string of the molecule is CC[C@@H](CNC(=O)[C@@H]1CCC[C@H](O)C1)C(=O)OC(C)(C)C. The van der Waals surface area contributed by atoms with E-state index in [1.165, 1.54) is 0 Å². The minimum Gasteiger partial charge on any atom is -0.460 e. The van der Waals surface area contributed by atoms with Gasteiger partial charge in [0.15, 0.2) is 0 Å². The minimum absolute atomic E-state index is 0.0595. The summed E-state index contributed by atoms with van der Waals surface area (Å²) in [6.07, 6.45) is 3.24. The second kappa shape index (κ2) is 7.78. The standard InChI is InChI=1S/C16H29NO4/c1-5-11(15(20)21-16(2,3)4)10-17-14(19)12-7-6-8-13(18)9-12/h11-13,18H,5-10H2,1-4H3,(H,17,19)/t11-,12+,13-/m0/s1. The molecule has 0 heterocycles. The maximum atomic E-state index is 12.1. The van der Waals surface area contributed by atoms with Gasteiger partial charge in [0.1, 0.15) is 5.60 Å². The van der Waals surface area contributed by atoms with Crippen molar-refractivity contribution in [3.63, 3.8) is 0 Å². The lowest BCUT2D eigenvalue weighted by Gasteiger charge is -2.26. The fraction of sp³-hybridized carbons (Fsp3) is 0.875. The van der Waals surface area contributed by atoms with Crippen molar-refractivity contribution < 1.29 is 19.4 Å². The Balaban J connectivity index is 2.43. The predicted octanol–water partition coefficient (Wildman–Crippen LogP) is 2.02. The molecule has 0 radical (unpaired) electrons. The molecule has 1 rings (SSSR count). The largest absolute Gasteiger partial charge is 0.460 e. The van der Waals surface area contributed by atoms with Gasteiger partial charge >= 0.3 is 5.97 Å². The quantitative estimate of drug-likeness (QED) is 0.762. The first-order valence-corrected chi connectivity index (χ1v) is 7.91. The van der Waals surface area contributed by atoms with E-state index in [0.717, 1.165) is 19.3 Å². The van der Waals surface area contributed by atoms with E-state index in [9.17, 15) is 14.7 Å². The van der Waals surface area contributed by atoms with Gasteiger partial charge < -0.3 is 15.2 Å². The summed E-state index contributed by atoms with van der Waals surface area (Å²) in [6.45, 7) is 7.71. The molecular formula is C16H29NO4. The molecule has 0 aromatic heterocycles. The topological polar surface area (TPSA) is 75.6 Å². The van der Waals surface area contributed by atoms with E-state index < -0.39 is 5.60 Å². The Morgan fingerprint density at radius 1 is 1.33 bits per heavy atom. The number of carbonyl (C=O) groups excluding carboxylic acids is 2. The first kappa shape index (κ1) is 18.0. The zero-order chi connectivity index (χ0) is 16.0. The summed E-state index contributed by atoms with van der Waals surface area (Å²) in [5.74, 6) is -0.781. The van der Waals surface area contributed by atoms with Crippen LogP contribution in [0.4, 0.5) is 0 Å². The Morgan fingerprint density at radius 2 is 2.00 bits per heavy atom. The van der Waals surface area contributed by atoms with Crippen LogP contribution in [0.15, 0.2) is 0 Å². The van der Waals surface area contributed by atoms with E-state index in [4.69, 9.17) is 4.74 Å². The first-order valence-electron chi connectivity index (χ1n) is 7.91. The number of nitrogens with one attached hydrogen (secondary N) is 1. The van der Waals surface area contributed by atoms with E-state index in [1.807, 2.05) is 27.7 Å². The van der Waals surface area contributed by atoms with Crippen LogP contribution in [0, 0.1) is 11.8 Å². The second-order valence-electron chi connectivity index (χ2n) is 6.90. The van der Waals surface area contributed by atoms with Crippen LogP contribution < -0.4 is 5.32 Å². The number of esters is 1. The van der Waals surface area contributed by atoms with Crippen LogP contribution in [-0.2, 0) is 14.3 Å². The molecule has 0 bridgehead atoms. The highest BCUT2D eigenvalue weighted by molar-refractivity contribution is 5.80. The van der Waals surface area contributed by atoms with Crippen molar-refractivity contribution in [2.75, 3.05) is 6.54 Å². The molecule has 3 atom stereocenters. The first-order chi connectivity index (χ1) is 9.73. The number of aliphatic hydroxyl groups is 1. The van der Waals surface area contributed by atoms with Gasteiger partial charge in [0.2, 0.25) is 5.91 Å². The van der Waals surface area contributed by atoms with Gasteiger partial charge in [0.05, 0.1) is 12.0 Å². The van der Waals surface area contributed by atoms with Crippen LogP contribution in [0.25, 0.3) is 0 Å².